The molecule has 1 saturated heterocycles. The summed E-state index contributed by atoms with van der Waals surface area (Å²) in [5, 5.41) is 8.07. The minimum atomic E-state index is 0.110. The number of nitrogen functional groups attached to an aromatic ring is 1. The predicted octanol–water partition coefficient (Wildman–Crippen LogP) is 3.67. The summed E-state index contributed by atoms with van der Waals surface area (Å²) >= 11 is 0. The molecule has 5 rings (SSSR count). The summed E-state index contributed by atoms with van der Waals surface area (Å²) in [5.41, 5.74) is 16.8. The summed E-state index contributed by atoms with van der Waals surface area (Å²) in [6, 6.07) is 7.95. The fourth-order valence-corrected chi connectivity index (χ4v) is 5.04. The summed E-state index contributed by atoms with van der Waals surface area (Å²) < 4.78 is 1.71. The molecule has 0 spiro atoms. The molecular weight excluding hydrogens is 402 g/mol. The topological polar surface area (TPSA) is 115 Å². The minimum absolute atomic E-state index is 0.110. The number of hydrogen-bond donors (Lipinski definition) is 3. The van der Waals surface area contributed by atoms with Gasteiger partial charge in [-0.25, -0.2) is 9.50 Å². The first-order valence-electron chi connectivity index (χ1n) is 11.6. The largest absolute Gasteiger partial charge is 0.382 e. The number of benzene rings is 1. The lowest BCUT2D eigenvalue weighted by Crippen LogP contribution is -2.35. The summed E-state index contributed by atoms with van der Waals surface area (Å²) in [7, 11) is 0. The van der Waals surface area contributed by atoms with Gasteiger partial charge in [-0.1, -0.05) is 0 Å². The molecule has 0 atom stereocenters. The highest BCUT2D eigenvalue weighted by Gasteiger charge is 2.27. The second kappa shape index (κ2) is 8.78. The fourth-order valence-electron chi connectivity index (χ4n) is 5.04. The number of anilines is 3. The molecule has 3 heterocycles. The number of piperidine rings is 1. The summed E-state index contributed by atoms with van der Waals surface area (Å²) in [5.74, 6) is 0.932. The number of nitrogens with two attached hydrogens (primary N) is 2. The molecule has 168 valence electrons. The van der Waals surface area contributed by atoms with Gasteiger partial charge in [0.15, 0.2) is 5.65 Å². The zero-order chi connectivity index (χ0) is 22.1. The number of rotatable bonds is 4. The van der Waals surface area contributed by atoms with Crippen LogP contribution in [0.3, 0.4) is 0 Å². The van der Waals surface area contributed by atoms with Crippen molar-refractivity contribution in [1.82, 2.24) is 19.5 Å². The summed E-state index contributed by atoms with van der Waals surface area (Å²) in [6.45, 7) is 1.70. The first-order chi connectivity index (χ1) is 15.6. The van der Waals surface area contributed by atoms with Gasteiger partial charge in [-0.15, -0.1) is 5.10 Å². The molecule has 1 aromatic carbocycles. The smallest absolute Gasteiger partial charge is 0.253 e. The Bertz CT molecular complexity index is 1090. The van der Waals surface area contributed by atoms with Gasteiger partial charge in [-0.05, 0) is 75.1 Å². The van der Waals surface area contributed by atoms with Crippen molar-refractivity contribution in [1.29, 1.82) is 0 Å². The zero-order valence-electron chi connectivity index (χ0n) is 18.3. The molecule has 0 bridgehead atoms. The number of carbonyl (C=O) groups excluding carboxylic acids is 1. The molecule has 1 aliphatic heterocycles. The van der Waals surface area contributed by atoms with Crippen LogP contribution in [0.1, 0.15) is 66.8 Å². The van der Waals surface area contributed by atoms with Crippen LogP contribution in [0, 0.1) is 0 Å². The first-order valence-corrected chi connectivity index (χ1v) is 11.6. The number of aromatic nitrogens is 3. The van der Waals surface area contributed by atoms with E-state index in [0.717, 1.165) is 79.8 Å². The van der Waals surface area contributed by atoms with Crippen molar-refractivity contribution < 1.29 is 4.79 Å². The predicted molar refractivity (Wildman–Crippen MR) is 126 cm³/mol. The van der Waals surface area contributed by atoms with Crippen LogP contribution in [0.25, 0.3) is 5.65 Å². The van der Waals surface area contributed by atoms with Gasteiger partial charge in [0.05, 0.1) is 5.69 Å². The number of imidazole rings is 1. The first kappa shape index (κ1) is 20.8. The van der Waals surface area contributed by atoms with Gasteiger partial charge in [-0.3, -0.25) is 4.79 Å². The molecule has 8 nitrogen and oxygen atoms in total. The van der Waals surface area contributed by atoms with Gasteiger partial charge < -0.3 is 21.7 Å². The van der Waals surface area contributed by atoms with Crippen molar-refractivity contribution in [2.24, 2.45) is 5.73 Å². The standard InChI is InChI=1S/C24H31N7O/c25-18-8-4-16(5-9-18)20-21(23-27-12-15-31(23)29-22(20)26)28-19-10-6-17(7-11-19)24(32)30-13-2-1-3-14-30/h6-7,10-12,15-16,18,28H,1-5,8-9,13-14,25H2,(H2,26,29). The number of nitrogens with one attached hydrogen (secondary N) is 1. The number of fused-ring (bicyclic) bond motifs is 1. The summed E-state index contributed by atoms with van der Waals surface area (Å²) in [4.78, 5) is 19.3. The lowest BCUT2D eigenvalue weighted by Gasteiger charge is -2.29. The van der Waals surface area contributed by atoms with Gasteiger partial charge in [0.25, 0.3) is 5.91 Å². The van der Waals surface area contributed by atoms with Crippen LogP contribution in [0.15, 0.2) is 36.7 Å². The van der Waals surface area contributed by atoms with Crippen LogP contribution in [0.4, 0.5) is 17.2 Å². The van der Waals surface area contributed by atoms with E-state index in [-0.39, 0.29) is 11.9 Å². The molecular formula is C24H31N7O. The van der Waals surface area contributed by atoms with E-state index in [9.17, 15) is 4.79 Å². The Morgan fingerprint density at radius 3 is 2.47 bits per heavy atom. The van der Waals surface area contributed by atoms with Crippen molar-refractivity contribution in [3.63, 3.8) is 0 Å². The third-order valence-corrected chi connectivity index (χ3v) is 6.83. The highest BCUT2D eigenvalue weighted by atomic mass is 16.2. The van der Waals surface area contributed by atoms with Crippen LogP contribution in [-0.4, -0.2) is 44.5 Å². The second-order valence-corrected chi connectivity index (χ2v) is 9.04. The second-order valence-electron chi connectivity index (χ2n) is 9.04. The normalized spacial score (nSPS) is 21.6. The Morgan fingerprint density at radius 2 is 1.75 bits per heavy atom. The molecule has 3 aromatic rings. The van der Waals surface area contributed by atoms with Crippen LogP contribution in [-0.2, 0) is 0 Å². The average Bonchev–Trinajstić information content (AvgIpc) is 3.29. The zero-order valence-corrected chi connectivity index (χ0v) is 18.3. The maximum Gasteiger partial charge on any atom is 0.253 e. The number of carbonyl (C=O) groups is 1. The van der Waals surface area contributed by atoms with Crippen molar-refractivity contribution in [2.75, 3.05) is 24.1 Å². The van der Waals surface area contributed by atoms with Crippen molar-refractivity contribution in [3.05, 3.63) is 47.8 Å². The maximum atomic E-state index is 12.8. The lowest BCUT2D eigenvalue weighted by atomic mass is 9.81. The molecule has 2 aliphatic rings. The molecule has 32 heavy (non-hydrogen) atoms. The maximum absolute atomic E-state index is 12.8. The molecule has 1 saturated carbocycles. The fraction of sp³-hybridized carbons (Fsp3) is 0.458. The third kappa shape index (κ3) is 4.02. The molecule has 1 amide bonds. The SMILES string of the molecule is Nc1nn2ccnc2c(Nc2ccc(C(=O)N3CCCCC3)cc2)c1C1CCC(N)CC1. The molecule has 0 radical (unpaired) electrons. The minimum Gasteiger partial charge on any atom is -0.382 e. The van der Waals surface area contributed by atoms with E-state index in [0.29, 0.717) is 11.7 Å². The number of likely N-dealkylation sites (tertiary alicyclic amines) is 1. The quantitative estimate of drug-likeness (QED) is 0.578. The molecule has 2 aromatic heterocycles. The van der Waals surface area contributed by atoms with Gasteiger partial charge in [0.2, 0.25) is 0 Å². The molecule has 5 N–H and O–H groups in total. The molecule has 2 fully saturated rings. The van der Waals surface area contributed by atoms with Gasteiger partial charge in [0, 0.05) is 48.3 Å². The van der Waals surface area contributed by atoms with E-state index < -0.39 is 0 Å². The summed E-state index contributed by atoms with van der Waals surface area (Å²) in [6.07, 6.45) is 10.9. The van der Waals surface area contributed by atoms with Gasteiger partial charge >= 0.3 is 0 Å². The van der Waals surface area contributed by atoms with Crippen LogP contribution < -0.4 is 16.8 Å². The van der Waals surface area contributed by atoms with Crippen molar-refractivity contribution in [2.45, 2.75) is 56.9 Å². The van der Waals surface area contributed by atoms with Gasteiger partial charge in [-0.2, -0.15) is 0 Å². The van der Waals surface area contributed by atoms with E-state index in [1.165, 1.54) is 6.42 Å². The van der Waals surface area contributed by atoms with Crippen LogP contribution in [0.2, 0.25) is 0 Å². The molecule has 8 heteroatoms. The van der Waals surface area contributed by atoms with Crippen LogP contribution in [0.5, 0.6) is 0 Å². The highest BCUT2D eigenvalue weighted by Crippen LogP contribution is 2.41. The molecule has 1 aliphatic carbocycles. The third-order valence-electron chi connectivity index (χ3n) is 6.83. The number of amides is 1. The Hall–Kier alpha value is -3.13. The monoisotopic (exact) mass is 433 g/mol. The Balaban J connectivity index is 1.44. The van der Waals surface area contributed by atoms with Crippen molar-refractivity contribution in [3.8, 4) is 0 Å². The van der Waals surface area contributed by atoms with E-state index in [1.54, 1.807) is 16.9 Å². The Labute approximate surface area is 188 Å². The van der Waals surface area contributed by atoms with Gasteiger partial charge in [0.1, 0.15) is 5.82 Å². The van der Waals surface area contributed by atoms with Crippen LogP contribution >= 0.6 is 0 Å². The van der Waals surface area contributed by atoms with E-state index >= 15 is 0 Å². The van der Waals surface area contributed by atoms with Crippen molar-refractivity contribution >= 4 is 28.7 Å². The average molecular weight is 434 g/mol. The Kier molecular flexibility index (Phi) is 5.70. The van der Waals surface area contributed by atoms with E-state index in [4.69, 9.17) is 11.5 Å². The lowest BCUT2D eigenvalue weighted by molar-refractivity contribution is 0.0724. The highest BCUT2D eigenvalue weighted by molar-refractivity contribution is 5.95. The van der Waals surface area contributed by atoms with E-state index in [1.807, 2.05) is 29.2 Å². The molecule has 0 unspecified atom stereocenters. The Morgan fingerprint density at radius 1 is 1.03 bits per heavy atom. The number of nitrogens with zero attached hydrogens (tertiary/aromatic N) is 4. The van der Waals surface area contributed by atoms with E-state index in [2.05, 4.69) is 15.4 Å². The number of hydrogen-bond acceptors (Lipinski definition) is 6.